The Labute approximate surface area is 160 Å². The summed E-state index contributed by atoms with van der Waals surface area (Å²) >= 11 is 6.09. The van der Waals surface area contributed by atoms with Crippen LogP contribution < -0.4 is 4.74 Å². The molecule has 1 saturated heterocycles. The van der Waals surface area contributed by atoms with Gasteiger partial charge in [-0.05, 0) is 29.5 Å². The molecule has 0 aliphatic carbocycles. The second-order valence-corrected chi connectivity index (χ2v) is 6.98. The molecule has 2 aromatic rings. The van der Waals surface area contributed by atoms with Gasteiger partial charge in [-0.3, -0.25) is 4.79 Å². The molecule has 1 atom stereocenters. The lowest BCUT2D eigenvalue weighted by molar-refractivity contribution is -0.137. The number of hydrogen-bond donors (Lipinski definition) is 0. The summed E-state index contributed by atoms with van der Waals surface area (Å²) in [5.74, 6) is 0.410. The van der Waals surface area contributed by atoms with Crippen LogP contribution in [0.25, 0.3) is 21.2 Å². The molecule has 1 aliphatic heterocycles. The van der Waals surface area contributed by atoms with Crippen LogP contribution in [-0.2, 0) is 15.1 Å². The molecule has 0 bridgehead atoms. The zero-order valence-corrected chi connectivity index (χ0v) is 16.0. The van der Waals surface area contributed by atoms with Crippen molar-refractivity contribution in [3.63, 3.8) is 0 Å². The maximum Gasteiger partial charge on any atom is 0.223 e. The van der Waals surface area contributed by atoms with Crippen molar-refractivity contribution in [2.45, 2.75) is 25.5 Å². The number of fused-ring (bicyclic) bond motifs is 1. The van der Waals surface area contributed by atoms with Crippen LogP contribution in [0.2, 0.25) is 5.15 Å². The van der Waals surface area contributed by atoms with Crippen molar-refractivity contribution in [1.29, 1.82) is 0 Å². The highest BCUT2D eigenvalue weighted by atomic mass is 35.5. The van der Waals surface area contributed by atoms with Gasteiger partial charge in [-0.2, -0.15) is 0 Å². The van der Waals surface area contributed by atoms with E-state index in [-0.39, 0.29) is 18.6 Å². The van der Waals surface area contributed by atoms with Gasteiger partial charge in [0.25, 0.3) is 0 Å². The van der Waals surface area contributed by atoms with Gasteiger partial charge in [0.05, 0.1) is 30.6 Å². The van der Waals surface area contributed by atoms with Gasteiger partial charge in [0.2, 0.25) is 11.8 Å². The highest BCUT2D eigenvalue weighted by Crippen LogP contribution is 2.36. The number of carbonyl (C=O) groups excluding carboxylic acids is 1. The van der Waals surface area contributed by atoms with E-state index >= 15 is 0 Å². The first-order valence-electron chi connectivity index (χ1n) is 8.30. The summed E-state index contributed by atoms with van der Waals surface area (Å²) in [4.78, 5) is 24.5. The Morgan fingerprint density at radius 2 is 2.19 bits per heavy atom. The van der Waals surface area contributed by atoms with Crippen molar-refractivity contribution < 1.29 is 14.3 Å². The number of aromatic nitrogens is 2. The minimum Gasteiger partial charge on any atom is -0.470 e. The summed E-state index contributed by atoms with van der Waals surface area (Å²) in [5, 5.41) is 5.57. The molecular weight excluding hydrogens is 372 g/mol. The molecule has 10 heteroatoms. The van der Waals surface area contributed by atoms with E-state index in [1.54, 1.807) is 30.3 Å². The fraction of sp³-hybridized carbons (Fsp3) is 0.471. The summed E-state index contributed by atoms with van der Waals surface area (Å²) in [6.45, 7) is 4.49. The first kappa shape index (κ1) is 19.2. The van der Waals surface area contributed by atoms with Gasteiger partial charge in [-0.15, -0.1) is 0 Å². The number of halogens is 1. The van der Waals surface area contributed by atoms with E-state index in [2.05, 4.69) is 20.0 Å². The highest BCUT2D eigenvalue weighted by molar-refractivity contribution is 6.30. The number of amides is 1. The Morgan fingerprint density at radius 3 is 2.81 bits per heavy atom. The van der Waals surface area contributed by atoms with Crippen LogP contribution in [-0.4, -0.2) is 53.7 Å². The molecule has 142 valence electrons. The topological polar surface area (TPSA) is 113 Å². The average Bonchev–Trinajstić information content (AvgIpc) is 2.57. The minimum atomic E-state index is -0.972. The summed E-state index contributed by atoms with van der Waals surface area (Å²) < 4.78 is 11.2. The molecule has 0 unspecified atom stereocenters. The third-order valence-corrected chi connectivity index (χ3v) is 4.75. The van der Waals surface area contributed by atoms with Gasteiger partial charge in [-0.25, -0.2) is 9.97 Å². The van der Waals surface area contributed by atoms with Crippen molar-refractivity contribution in [3.8, 4) is 5.88 Å². The van der Waals surface area contributed by atoms with Gasteiger partial charge in [0.15, 0.2) is 0 Å². The van der Waals surface area contributed by atoms with Gasteiger partial charge < -0.3 is 14.4 Å². The lowest BCUT2D eigenvalue weighted by atomic mass is 9.91. The molecule has 0 radical (unpaired) electrons. The fourth-order valence-corrected chi connectivity index (χ4v) is 3.23. The SMILES string of the molecule is COC[C@@](C)(N=[N+]=[N-])c1cnc(OC2CN(C(C)=O)C2)c2cnc(Cl)cc12. The third-order valence-electron chi connectivity index (χ3n) is 4.54. The largest absolute Gasteiger partial charge is 0.470 e. The van der Waals surface area contributed by atoms with Crippen LogP contribution in [0.1, 0.15) is 19.4 Å². The molecule has 1 aliphatic rings. The molecule has 9 nitrogen and oxygen atoms in total. The standard InChI is InChI=1S/C17H19ClN6O3/c1-10(25)24-7-11(8-24)27-16-13-5-20-15(18)4-12(13)14(6-21-16)17(2,9-26-3)22-23-19/h4-6,11H,7-9H2,1-3H3/t17-/m1/s1. The lowest BCUT2D eigenvalue weighted by Crippen LogP contribution is -2.55. The van der Waals surface area contributed by atoms with E-state index in [0.29, 0.717) is 35.1 Å². The van der Waals surface area contributed by atoms with Crippen LogP contribution in [0, 0.1) is 0 Å². The Bertz CT molecular complexity index is 926. The summed E-state index contributed by atoms with van der Waals surface area (Å²) in [5.41, 5.74) is 8.67. The molecule has 0 N–H and O–H groups in total. The summed E-state index contributed by atoms with van der Waals surface area (Å²) in [6.07, 6.45) is 3.05. The number of hydrogen-bond acceptors (Lipinski definition) is 6. The minimum absolute atomic E-state index is 0.0150. The molecular formula is C17H19ClN6O3. The quantitative estimate of drug-likeness (QED) is 0.325. The van der Waals surface area contributed by atoms with Gasteiger partial charge >= 0.3 is 0 Å². The van der Waals surface area contributed by atoms with Gasteiger partial charge in [0, 0.05) is 31.3 Å². The van der Waals surface area contributed by atoms with Crippen LogP contribution in [0.15, 0.2) is 23.6 Å². The van der Waals surface area contributed by atoms with E-state index in [4.69, 9.17) is 26.6 Å². The lowest BCUT2D eigenvalue weighted by Gasteiger charge is -2.38. The van der Waals surface area contributed by atoms with E-state index in [0.717, 1.165) is 5.39 Å². The number of rotatable bonds is 6. The molecule has 1 fully saturated rings. The third kappa shape index (κ3) is 3.75. The predicted octanol–water partition coefficient (Wildman–Crippen LogP) is 3.06. The van der Waals surface area contributed by atoms with Crippen LogP contribution in [0.3, 0.4) is 0 Å². The summed E-state index contributed by atoms with van der Waals surface area (Å²) in [7, 11) is 1.53. The number of pyridine rings is 2. The van der Waals surface area contributed by atoms with E-state index < -0.39 is 5.54 Å². The van der Waals surface area contributed by atoms with E-state index in [1.165, 1.54) is 14.0 Å². The number of azide groups is 1. The normalized spacial score (nSPS) is 16.4. The molecule has 27 heavy (non-hydrogen) atoms. The van der Waals surface area contributed by atoms with Crippen LogP contribution >= 0.6 is 11.6 Å². The molecule has 0 spiro atoms. The monoisotopic (exact) mass is 390 g/mol. The second-order valence-electron chi connectivity index (χ2n) is 6.59. The maximum absolute atomic E-state index is 11.3. The summed E-state index contributed by atoms with van der Waals surface area (Å²) in [6, 6.07) is 1.68. The molecule has 1 amide bonds. The Kier molecular flexibility index (Phi) is 5.36. The van der Waals surface area contributed by atoms with Crippen molar-refractivity contribution in [1.82, 2.24) is 14.9 Å². The second kappa shape index (κ2) is 7.56. The Morgan fingerprint density at radius 1 is 1.44 bits per heavy atom. The number of nitrogens with zero attached hydrogens (tertiary/aromatic N) is 6. The Hall–Kier alpha value is -2.61. The molecule has 3 rings (SSSR count). The zero-order chi connectivity index (χ0) is 19.6. The Balaban J connectivity index is 2.02. The van der Waals surface area contributed by atoms with Crippen molar-refractivity contribution >= 4 is 28.3 Å². The number of likely N-dealkylation sites (tertiary alicyclic amines) is 1. The molecule has 0 saturated carbocycles. The molecule has 3 heterocycles. The smallest absolute Gasteiger partial charge is 0.223 e. The van der Waals surface area contributed by atoms with E-state index in [9.17, 15) is 4.79 Å². The molecule has 0 aromatic carbocycles. The first-order valence-corrected chi connectivity index (χ1v) is 8.68. The van der Waals surface area contributed by atoms with Crippen molar-refractivity contribution in [2.24, 2.45) is 5.11 Å². The fourth-order valence-electron chi connectivity index (χ4n) is 3.08. The molecule has 2 aromatic heterocycles. The highest BCUT2D eigenvalue weighted by Gasteiger charge is 2.33. The van der Waals surface area contributed by atoms with Crippen molar-refractivity contribution in [3.05, 3.63) is 39.6 Å². The number of ether oxygens (including phenoxy) is 2. The van der Waals surface area contributed by atoms with Gasteiger partial charge in [0.1, 0.15) is 11.3 Å². The van der Waals surface area contributed by atoms with E-state index in [1.807, 2.05) is 0 Å². The van der Waals surface area contributed by atoms with Gasteiger partial charge in [-0.1, -0.05) is 16.7 Å². The first-order chi connectivity index (χ1) is 12.9. The maximum atomic E-state index is 11.3. The van der Waals surface area contributed by atoms with Crippen LogP contribution in [0.5, 0.6) is 5.88 Å². The average molecular weight is 391 g/mol. The number of methoxy groups -OCH3 is 1. The van der Waals surface area contributed by atoms with Crippen LogP contribution in [0.4, 0.5) is 0 Å². The van der Waals surface area contributed by atoms with Crippen molar-refractivity contribution in [2.75, 3.05) is 26.8 Å². The zero-order valence-electron chi connectivity index (χ0n) is 15.2. The number of carbonyl (C=O) groups is 1. The predicted molar refractivity (Wildman–Crippen MR) is 99.6 cm³/mol.